The molecule has 1 aromatic carbocycles. The van der Waals surface area contributed by atoms with Crippen LogP contribution in [0, 0.1) is 17.1 Å². The molecule has 0 bridgehead atoms. The summed E-state index contributed by atoms with van der Waals surface area (Å²) in [5.74, 6) is -0.536. The van der Waals surface area contributed by atoms with Crippen LogP contribution >= 0.6 is 0 Å². The van der Waals surface area contributed by atoms with Crippen molar-refractivity contribution in [2.24, 2.45) is 0 Å². The summed E-state index contributed by atoms with van der Waals surface area (Å²) >= 11 is 0. The molecule has 1 heterocycles. The lowest BCUT2D eigenvalue weighted by molar-refractivity contribution is 0.514. The number of allylic oxidation sites excluding steroid dienone is 1. The highest BCUT2D eigenvalue weighted by molar-refractivity contribution is 5.93. The SMILES string of the molecule is N#C/C(=C(/O)c1ccncc1)c1ccc(F)cc1. The molecule has 4 heteroatoms. The standard InChI is InChI=1S/C14H9FN2O/c15-12-3-1-10(2-4-12)13(9-16)14(18)11-5-7-17-8-6-11/h1-8,18H/b14-13-. The summed E-state index contributed by atoms with van der Waals surface area (Å²) in [5, 5.41) is 19.1. The van der Waals surface area contributed by atoms with E-state index in [9.17, 15) is 9.50 Å². The Labute approximate surface area is 103 Å². The Balaban J connectivity index is 2.52. The van der Waals surface area contributed by atoms with E-state index in [0.29, 0.717) is 11.1 Å². The van der Waals surface area contributed by atoms with E-state index >= 15 is 0 Å². The zero-order chi connectivity index (χ0) is 13.0. The highest BCUT2D eigenvalue weighted by Crippen LogP contribution is 2.23. The van der Waals surface area contributed by atoms with E-state index in [1.807, 2.05) is 6.07 Å². The summed E-state index contributed by atoms with van der Waals surface area (Å²) in [5.41, 5.74) is 1.06. The van der Waals surface area contributed by atoms with Crippen LogP contribution in [0.25, 0.3) is 11.3 Å². The first-order chi connectivity index (χ1) is 8.72. The molecule has 0 saturated carbocycles. The average molecular weight is 240 g/mol. The van der Waals surface area contributed by atoms with Crippen molar-refractivity contribution in [3.05, 3.63) is 65.7 Å². The number of nitriles is 1. The highest BCUT2D eigenvalue weighted by atomic mass is 19.1. The van der Waals surface area contributed by atoms with Crippen LogP contribution in [0.15, 0.2) is 48.8 Å². The van der Waals surface area contributed by atoms with Gasteiger partial charge in [-0.1, -0.05) is 12.1 Å². The average Bonchev–Trinajstić information content (AvgIpc) is 2.42. The number of hydrogen-bond donors (Lipinski definition) is 1. The molecule has 0 amide bonds. The zero-order valence-corrected chi connectivity index (χ0v) is 9.34. The number of nitrogens with zero attached hydrogens (tertiary/aromatic N) is 2. The molecule has 2 rings (SSSR count). The van der Waals surface area contributed by atoms with Crippen LogP contribution in [0.2, 0.25) is 0 Å². The van der Waals surface area contributed by atoms with Crippen LogP contribution in [-0.2, 0) is 0 Å². The number of aliphatic hydroxyl groups is 1. The maximum Gasteiger partial charge on any atom is 0.141 e. The van der Waals surface area contributed by atoms with Gasteiger partial charge in [-0.25, -0.2) is 4.39 Å². The third-order valence-electron chi connectivity index (χ3n) is 2.44. The fourth-order valence-corrected chi connectivity index (χ4v) is 1.52. The maximum atomic E-state index is 12.8. The molecular weight excluding hydrogens is 231 g/mol. The van der Waals surface area contributed by atoms with Crippen LogP contribution < -0.4 is 0 Å². The minimum atomic E-state index is -0.389. The number of pyridine rings is 1. The van der Waals surface area contributed by atoms with Gasteiger partial charge in [0.2, 0.25) is 0 Å². The normalized spacial score (nSPS) is 11.6. The van der Waals surface area contributed by atoms with Gasteiger partial charge in [0.15, 0.2) is 0 Å². The number of halogens is 1. The van der Waals surface area contributed by atoms with Crippen molar-refractivity contribution < 1.29 is 9.50 Å². The van der Waals surface area contributed by atoms with Crippen LogP contribution in [0.1, 0.15) is 11.1 Å². The Morgan fingerprint density at radius 2 is 1.67 bits per heavy atom. The molecule has 0 aliphatic heterocycles. The minimum absolute atomic E-state index is 0.0983. The summed E-state index contributed by atoms with van der Waals surface area (Å²) in [6, 6.07) is 10.5. The molecule has 88 valence electrons. The molecule has 2 aromatic rings. The quantitative estimate of drug-likeness (QED) is 0.648. The molecule has 18 heavy (non-hydrogen) atoms. The molecular formula is C14H9FN2O. The molecule has 0 unspecified atom stereocenters. The summed E-state index contributed by atoms with van der Waals surface area (Å²) in [6.45, 7) is 0. The molecule has 0 atom stereocenters. The first-order valence-corrected chi connectivity index (χ1v) is 5.22. The van der Waals surface area contributed by atoms with E-state index < -0.39 is 0 Å². The van der Waals surface area contributed by atoms with Gasteiger partial charge in [-0.15, -0.1) is 0 Å². The number of rotatable bonds is 2. The van der Waals surface area contributed by atoms with E-state index in [1.54, 1.807) is 12.1 Å². The van der Waals surface area contributed by atoms with Crippen molar-refractivity contribution in [3.8, 4) is 6.07 Å². The minimum Gasteiger partial charge on any atom is -0.506 e. The fourth-order valence-electron chi connectivity index (χ4n) is 1.52. The van der Waals surface area contributed by atoms with E-state index in [-0.39, 0.29) is 17.1 Å². The molecule has 0 aliphatic rings. The van der Waals surface area contributed by atoms with Gasteiger partial charge in [0, 0.05) is 18.0 Å². The van der Waals surface area contributed by atoms with E-state index in [4.69, 9.17) is 5.26 Å². The van der Waals surface area contributed by atoms with Crippen molar-refractivity contribution in [1.29, 1.82) is 5.26 Å². The Kier molecular flexibility index (Phi) is 3.35. The largest absolute Gasteiger partial charge is 0.506 e. The Bertz CT molecular complexity index is 612. The lowest BCUT2D eigenvalue weighted by Crippen LogP contribution is -1.90. The van der Waals surface area contributed by atoms with Gasteiger partial charge < -0.3 is 5.11 Å². The van der Waals surface area contributed by atoms with Gasteiger partial charge in [-0.3, -0.25) is 4.98 Å². The second-order valence-corrected chi connectivity index (χ2v) is 3.58. The molecule has 1 N–H and O–H groups in total. The van der Waals surface area contributed by atoms with Crippen molar-refractivity contribution in [2.45, 2.75) is 0 Å². The van der Waals surface area contributed by atoms with Crippen molar-refractivity contribution in [1.82, 2.24) is 4.98 Å². The maximum absolute atomic E-state index is 12.8. The van der Waals surface area contributed by atoms with Crippen LogP contribution in [0.5, 0.6) is 0 Å². The molecule has 1 aromatic heterocycles. The lowest BCUT2D eigenvalue weighted by Gasteiger charge is -2.04. The van der Waals surface area contributed by atoms with E-state index in [0.717, 1.165) is 0 Å². The Hall–Kier alpha value is -2.67. The van der Waals surface area contributed by atoms with Gasteiger partial charge in [0.05, 0.1) is 0 Å². The monoisotopic (exact) mass is 240 g/mol. The third kappa shape index (κ3) is 2.36. The topological polar surface area (TPSA) is 56.9 Å². The number of aromatic nitrogens is 1. The molecule has 0 spiro atoms. The first-order valence-electron chi connectivity index (χ1n) is 5.22. The zero-order valence-electron chi connectivity index (χ0n) is 9.34. The molecule has 0 saturated heterocycles. The van der Waals surface area contributed by atoms with E-state index in [2.05, 4.69) is 4.98 Å². The third-order valence-corrected chi connectivity index (χ3v) is 2.44. The van der Waals surface area contributed by atoms with Gasteiger partial charge in [-0.2, -0.15) is 5.26 Å². The second-order valence-electron chi connectivity index (χ2n) is 3.58. The van der Waals surface area contributed by atoms with Crippen LogP contribution in [0.4, 0.5) is 4.39 Å². The van der Waals surface area contributed by atoms with Gasteiger partial charge in [-0.05, 0) is 29.8 Å². The Morgan fingerprint density at radius 3 is 2.22 bits per heavy atom. The van der Waals surface area contributed by atoms with Gasteiger partial charge >= 0.3 is 0 Å². The van der Waals surface area contributed by atoms with Crippen molar-refractivity contribution in [2.75, 3.05) is 0 Å². The summed E-state index contributed by atoms with van der Waals surface area (Å²) in [4.78, 5) is 3.83. The van der Waals surface area contributed by atoms with Gasteiger partial charge in [0.1, 0.15) is 23.2 Å². The lowest BCUT2D eigenvalue weighted by atomic mass is 10.0. The Morgan fingerprint density at radius 1 is 1.06 bits per heavy atom. The second kappa shape index (κ2) is 5.11. The summed E-state index contributed by atoms with van der Waals surface area (Å²) in [7, 11) is 0. The molecule has 0 aliphatic carbocycles. The van der Waals surface area contributed by atoms with Crippen LogP contribution in [-0.4, -0.2) is 10.1 Å². The smallest absolute Gasteiger partial charge is 0.141 e. The molecule has 0 radical (unpaired) electrons. The van der Waals surface area contributed by atoms with Crippen LogP contribution in [0.3, 0.4) is 0 Å². The number of aliphatic hydroxyl groups excluding tert-OH is 1. The van der Waals surface area contributed by atoms with Crippen molar-refractivity contribution in [3.63, 3.8) is 0 Å². The summed E-state index contributed by atoms with van der Waals surface area (Å²) in [6.07, 6.45) is 3.04. The van der Waals surface area contributed by atoms with Gasteiger partial charge in [0.25, 0.3) is 0 Å². The van der Waals surface area contributed by atoms with E-state index in [1.165, 1.54) is 36.7 Å². The molecule has 3 nitrogen and oxygen atoms in total. The molecule has 0 fully saturated rings. The highest BCUT2D eigenvalue weighted by Gasteiger charge is 2.10. The fraction of sp³-hybridized carbons (Fsp3) is 0. The summed E-state index contributed by atoms with van der Waals surface area (Å²) < 4.78 is 12.8. The predicted octanol–water partition coefficient (Wildman–Crippen LogP) is 3.17. The number of benzene rings is 1. The predicted molar refractivity (Wildman–Crippen MR) is 65.7 cm³/mol. The van der Waals surface area contributed by atoms with Crippen molar-refractivity contribution >= 4 is 11.3 Å². The first kappa shape index (κ1) is 11.8. The number of hydrogen-bond acceptors (Lipinski definition) is 3.